The lowest BCUT2D eigenvalue weighted by Gasteiger charge is -2.06. The van der Waals surface area contributed by atoms with Gasteiger partial charge in [0.1, 0.15) is 5.69 Å². The number of carboxylic acids is 1. The van der Waals surface area contributed by atoms with Crippen molar-refractivity contribution in [3.05, 3.63) is 34.4 Å². The molecule has 1 saturated carbocycles. The number of benzene rings is 1. The molecule has 1 aliphatic rings. The SMILES string of the molecule is CC1(C)[C@H](C(=O)O)[C@@H]1C(=O)Nc1ccccc1[N+](=O)[O-]. The number of nitrogens with zero attached hydrogens (tertiary/aromatic N) is 1. The highest BCUT2D eigenvalue weighted by atomic mass is 16.6. The fourth-order valence-electron chi connectivity index (χ4n) is 2.54. The molecular formula is C13H14N2O5. The van der Waals surface area contributed by atoms with Gasteiger partial charge in [0, 0.05) is 6.07 Å². The number of anilines is 1. The molecule has 0 saturated heterocycles. The Labute approximate surface area is 114 Å². The van der Waals surface area contributed by atoms with Crippen molar-refractivity contribution in [2.75, 3.05) is 5.32 Å². The summed E-state index contributed by atoms with van der Waals surface area (Å²) in [5.74, 6) is -2.97. The zero-order chi connectivity index (χ0) is 15.1. The molecule has 1 amide bonds. The molecule has 106 valence electrons. The topological polar surface area (TPSA) is 110 Å². The Morgan fingerprint density at radius 1 is 1.30 bits per heavy atom. The maximum absolute atomic E-state index is 12.1. The molecule has 2 N–H and O–H groups in total. The lowest BCUT2D eigenvalue weighted by atomic mass is 10.1. The van der Waals surface area contributed by atoms with E-state index in [0.717, 1.165) is 0 Å². The van der Waals surface area contributed by atoms with Crippen LogP contribution in [0.5, 0.6) is 0 Å². The molecular weight excluding hydrogens is 264 g/mol. The van der Waals surface area contributed by atoms with Crippen molar-refractivity contribution < 1.29 is 19.6 Å². The van der Waals surface area contributed by atoms with Crippen LogP contribution in [0.1, 0.15) is 13.8 Å². The van der Waals surface area contributed by atoms with Crippen molar-refractivity contribution in [2.24, 2.45) is 17.3 Å². The number of hydrogen-bond donors (Lipinski definition) is 2. The van der Waals surface area contributed by atoms with E-state index < -0.39 is 34.1 Å². The number of nitro benzene ring substituents is 1. The summed E-state index contributed by atoms with van der Waals surface area (Å²) in [6.45, 7) is 3.38. The Hall–Kier alpha value is -2.44. The first-order chi connectivity index (χ1) is 9.26. The quantitative estimate of drug-likeness (QED) is 0.645. The molecule has 7 heteroatoms. The largest absolute Gasteiger partial charge is 0.481 e. The van der Waals surface area contributed by atoms with Crippen LogP contribution in [0.2, 0.25) is 0 Å². The van der Waals surface area contributed by atoms with Gasteiger partial charge in [0.25, 0.3) is 5.69 Å². The van der Waals surface area contributed by atoms with Crippen LogP contribution in [0.25, 0.3) is 0 Å². The molecule has 7 nitrogen and oxygen atoms in total. The maximum Gasteiger partial charge on any atom is 0.307 e. The maximum atomic E-state index is 12.1. The van der Waals surface area contributed by atoms with Gasteiger partial charge < -0.3 is 10.4 Å². The van der Waals surface area contributed by atoms with E-state index >= 15 is 0 Å². The molecule has 0 spiro atoms. The van der Waals surface area contributed by atoms with E-state index in [0.29, 0.717) is 0 Å². The van der Waals surface area contributed by atoms with E-state index in [1.807, 2.05) is 0 Å². The summed E-state index contributed by atoms with van der Waals surface area (Å²) in [7, 11) is 0. The highest BCUT2D eigenvalue weighted by Crippen LogP contribution is 2.58. The Bertz CT molecular complexity index is 596. The lowest BCUT2D eigenvalue weighted by molar-refractivity contribution is -0.383. The monoisotopic (exact) mass is 278 g/mol. The van der Waals surface area contributed by atoms with Crippen molar-refractivity contribution in [3.8, 4) is 0 Å². The minimum atomic E-state index is -1.03. The minimum Gasteiger partial charge on any atom is -0.481 e. The van der Waals surface area contributed by atoms with Crippen LogP contribution in [0.3, 0.4) is 0 Å². The van der Waals surface area contributed by atoms with Gasteiger partial charge in [-0.15, -0.1) is 0 Å². The molecule has 1 aliphatic carbocycles. The van der Waals surface area contributed by atoms with Gasteiger partial charge in [0.15, 0.2) is 0 Å². The molecule has 0 heterocycles. The first-order valence-electron chi connectivity index (χ1n) is 6.04. The third-order valence-electron chi connectivity index (χ3n) is 3.73. The summed E-state index contributed by atoms with van der Waals surface area (Å²) >= 11 is 0. The molecule has 1 aromatic rings. The molecule has 1 aromatic carbocycles. The van der Waals surface area contributed by atoms with E-state index in [1.54, 1.807) is 19.9 Å². The first kappa shape index (κ1) is 14.0. The van der Waals surface area contributed by atoms with Crippen LogP contribution in [0, 0.1) is 27.4 Å². The molecule has 0 unspecified atom stereocenters. The van der Waals surface area contributed by atoms with Crippen LogP contribution >= 0.6 is 0 Å². The molecule has 0 radical (unpaired) electrons. The minimum absolute atomic E-state index is 0.0781. The zero-order valence-corrected chi connectivity index (χ0v) is 11.0. The van der Waals surface area contributed by atoms with Crippen molar-refractivity contribution in [2.45, 2.75) is 13.8 Å². The second-order valence-electron chi connectivity index (χ2n) is 5.38. The summed E-state index contributed by atoms with van der Waals surface area (Å²) in [5, 5.41) is 22.3. The second-order valence-corrected chi connectivity index (χ2v) is 5.38. The van der Waals surface area contributed by atoms with Crippen molar-refractivity contribution in [3.63, 3.8) is 0 Å². The number of hydrogen-bond acceptors (Lipinski definition) is 4. The molecule has 0 bridgehead atoms. The fraction of sp³-hybridized carbons (Fsp3) is 0.385. The van der Waals surface area contributed by atoms with Crippen LogP contribution in [-0.4, -0.2) is 21.9 Å². The van der Waals surface area contributed by atoms with Gasteiger partial charge in [-0.05, 0) is 11.5 Å². The summed E-state index contributed by atoms with van der Waals surface area (Å²) < 4.78 is 0. The fourth-order valence-corrected chi connectivity index (χ4v) is 2.54. The van der Waals surface area contributed by atoms with E-state index in [4.69, 9.17) is 5.11 Å². The summed E-state index contributed by atoms with van der Waals surface area (Å²) in [5.41, 5.74) is -0.778. The number of carbonyl (C=O) groups is 2. The molecule has 0 aromatic heterocycles. The van der Waals surface area contributed by atoms with E-state index in [9.17, 15) is 19.7 Å². The summed E-state index contributed by atoms with van der Waals surface area (Å²) in [6.07, 6.45) is 0. The van der Waals surface area contributed by atoms with Gasteiger partial charge in [0.05, 0.1) is 16.8 Å². The number of carboxylic acid groups (broad SMARTS) is 1. The average molecular weight is 278 g/mol. The lowest BCUT2D eigenvalue weighted by Crippen LogP contribution is -2.18. The Morgan fingerprint density at radius 3 is 2.40 bits per heavy atom. The molecule has 2 rings (SSSR count). The Kier molecular flexibility index (Phi) is 3.21. The molecule has 1 fully saturated rings. The first-order valence-corrected chi connectivity index (χ1v) is 6.04. The van der Waals surface area contributed by atoms with Crippen molar-refractivity contribution in [1.82, 2.24) is 0 Å². The smallest absolute Gasteiger partial charge is 0.307 e. The van der Waals surface area contributed by atoms with Gasteiger partial charge in [-0.1, -0.05) is 26.0 Å². The Morgan fingerprint density at radius 2 is 1.90 bits per heavy atom. The number of amides is 1. The van der Waals surface area contributed by atoms with Gasteiger partial charge in [-0.2, -0.15) is 0 Å². The van der Waals surface area contributed by atoms with Gasteiger partial charge >= 0.3 is 5.97 Å². The number of rotatable bonds is 4. The number of para-hydroxylation sites is 2. The predicted molar refractivity (Wildman–Crippen MR) is 70.1 cm³/mol. The van der Waals surface area contributed by atoms with E-state index in [-0.39, 0.29) is 11.4 Å². The van der Waals surface area contributed by atoms with Crippen molar-refractivity contribution in [1.29, 1.82) is 0 Å². The van der Waals surface area contributed by atoms with Gasteiger partial charge in [-0.25, -0.2) is 0 Å². The third kappa shape index (κ3) is 2.22. The van der Waals surface area contributed by atoms with Crippen LogP contribution in [0.4, 0.5) is 11.4 Å². The van der Waals surface area contributed by atoms with E-state index in [1.165, 1.54) is 18.2 Å². The standard InChI is InChI=1S/C13H14N2O5/c1-13(2)9(10(13)12(17)18)11(16)14-7-5-3-4-6-8(7)15(19)20/h3-6,9-10H,1-2H3,(H,14,16)(H,17,18)/t9-,10+/m1/s1. The highest BCUT2D eigenvalue weighted by molar-refractivity contribution is 6.00. The predicted octanol–water partition coefficient (Wildman–Crippen LogP) is 1.89. The number of carbonyl (C=O) groups excluding carboxylic acids is 1. The second kappa shape index (κ2) is 4.59. The normalized spacial score (nSPS) is 22.9. The van der Waals surface area contributed by atoms with Crippen LogP contribution in [-0.2, 0) is 9.59 Å². The molecule has 2 atom stereocenters. The molecule has 0 aliphatic heterocycles. The van der Waals surface area contributed by atoms with Crippen LogP contribution in [0.15, 0.2) is 24.3 Å². The number of nitrogens with one attached hydrogen (secondary N) is 1. The van der Waals surface area contributed by atoms with Gasteiger partial charge in [0.2, 0.25) is 5.91 Å². The summed E-state index contributed by atoms with van der Waals surface area (Å²) in [6, 6.07) is 5.76. The summed E-state index contributed by atoms with van der Waals surface area (Å²) in [4.78, 5) is 33.4. The Balaban J connectivity index is 2.18. The van der Waals surface area contributed by atoms with Crippen molar-refractivity contribution >= 4 is 23.3 Å². The third-order valence-corrected chi connectivity index (χ3v) is 3.73. The average Bonchev–Trinajstić information content (AvgIpc) is 2.93. The highest BCUT2D eigenvalue weighted by Gasteiger charge is 2.65. The number of aliphatic carboxylic acids is 1. The zero-order valence-electron chi connectivity index (χ0n) is 11.0. The number of nitro groups is 1. The molecule has 20 heavy (non-hydrogen) atoms. The van der Waals surface area contributed by atoms with Crippen LogP contribution < -0.4 is 5.32 Å². The van der Waals surface area contributed by atoms with Gasteiger partial charge in [-0.3, -0.25) is 19.7 Å². The van der Waals surface area contributed by atoms with E-state index in [2.05, 4.69) is 5.32 Å².